The fraction of sp³-hybridized carbons (Fsp3) is 0.357. The van der Waals surface area contributed by atoms with Crippen LogP contribution in [-0.4, -0.2) is 0 Å². The van der Waals surface area contributed by atoms with E-state index < -0.39 is 0 Å². The van der Waals surface area contributed by atoms with E-state index in [1.165, 1.54) is 101 Å². The standard InChI is InChI=1S/C56H66N2/c1-35-19-17-21-43(27-35)57(51-37(3)29-41(30-38(51)4)53(7,8)9)45-23-25-47-48-26-24-46(34-50(48)56(15,16)55(13,14)49(47)33-45)58(44-22-18-20-36(2)28-44)52-39(5)31-42(32-40(52)6)54(10,11)12/h17-34H,1-16H3. The van der Waals surface area contributed by atoms with Crippen molar-refractivity contribution >= 4 is 34.1 Å². The van der Waals surface area contributed by atoms with Gasteiger partial charge in [-0.05, 0) is 178 Å². The van der Waals surface area contributed by atoms with Crippen molar-refractivity contribution in [3.05, 3.63) is 165 Å². The predicted octanol–water partition coefficient (Wildman–Crippen LogP) is 16.3. The molecule has 0 fully saturated rings. The average Bonchev–Trinajstić information content (AvgIpc) is 3.12. The Morgan fingerprint density at radius 3 is 0.983 bits per heavy atom. The van der Waals surface area contributed by atoms with Crippen LogP contribution >= 0.6 is 0 Å². The summed E-state index contributed by atoms with van der Waals surface area (Å²) in [6.45, 7) is 37.1. The monoisotopic (exact) mass is 767 g/mol. The summed E-state index contributed by atoms with van der Waals surface area (Å²) >= 11 is 0. The molecule has 0 heterocycles. The Bertz CT molecular complexity index is 2320. The number of nitrogens with zero attached hydrogens (tertiary/aromatic N) is 2. The zero-order valence-electron chi connectivity index (χ0n) is 38.3. The minimum Gasteiger partial charge on any atom is -0.310 e. The summed E-state index contributed by atoms with van der Waals surface area (Å²) in [7, 11) is 0. The third-order valence-corrected chi connectivity index (χ3v) is 13.4. The van der Waals surface area contributed by atoms with Crippen LogP contribution in [0.15, 0.2) is 109 Å². The second kappa shape index (κ2) is 14.3. The highest BCUT2D eigenvalue weighted by Crippen LogP contribution is 2.56. The van der Waals surface area contributed by atoms with Crippen molar-refractivity contribution in [2.45, 2.75) is 132 Å². The molecule has 0 saturated carbocycles. The molecular weight excluding hydrogens is 701 g/mol. The first kappa shape index (κ1) is 41.1. The van der Waals surface area contributed by atoms with Crippen LogP contribution in [0.4, 0.5) is 34.1 Å². The van der Waals surface area contributed by atoms with E-state index in [1.54, 1.807) is 0 Å². The van der Waals surface area contributed by atoms with E-state index in [0.29, 0.717) is 0 Å². The SMILES string of the molecule is Cc1cccc(N(c2ccc3c(c2)C(C)(C)C(C)(C)c2cc(N(c4cccc(C)c4)c4c(C)cc(C(C)(C)C)cc4C)ccc2-3)c2c(C)cc(C(C)(C)C)cc2C)c1. The van der Waals surface area contributed by atoms with Gasteiger partial charge in [0.15, 0.2) is 0 Å². The summed E-state index contributed by atoms with van der Waals surface area (Å²) in [5, 5.41) is 0. The molecule has 0 aliphatic heterocycles. The third kappa shape index (κ3) is 7.08. The molecule has 0 amide bonds. The van der Waals surface area contributed by atoms with Crippen molar-refractivity contribution in [3.8, 4) is 11.1 Å². The molecule has 0 bridgehead atoms. The van der Waals surface area contributed by atoms with E-state index in [4.69, 9.17) is 0 Å². The van der Waals surface area contributed by atoms with Crippen LogP contribution in [0.3, 0.4) is 0 Å². The summed E-state index contributed by atoms with van der Waals surface area (Å²) in [5.41, 5.74) is 22.9. The van der Waals surface area contributed by atoms with Crippen LogP contribution in [0.5, 0.6) is 0 Å². The van der Waals surface area contributed by atoms with Crippen molar-refractivity contribution in [2.75, 3.05) is 9.80 Å². The van der Waals surface area contributed by atoms with Crippen molar-refractivity contribution in [1.29, 1.82) is 0 Å². The lowest BCUT2D eigenvalue weighted by atomic mass is 9.55. The lowest BCUT2D eigenvalue weighted by molar-refractivity contribution is 0.299. The highest BCUT2D eigenvalue weighted by Gasteiger charge is 2.46. The number of fused-ring (bicyclic) bond motifs is 3. The number of hydrogen-bond acceptors (Lipinski definition) is 2. The first-order valence-electron chi connectivity index (χ1n) is 21.3. The Balaban J connectivity index is 1.43. The Morgan fingerprint density at radius 2 is 0.690 bits per heavy atom. The predicted molar refractivity (Wildman–Crippen MR) is 253 cm³/mol. The molecule has 0 atom stereocenters. The molecule has 0 aromatic heterocycles. The molecule has 300 valence electrons. The van der Waals surface area contributed by atoms with E-state index in [-0.39, 0.29) is 21.7 Å². The van der Waals surface area contributed by atoms with Gasteiger partial charge in [-0.3, -0.25) is 0 Å². The van der Waals surface area contributed by atoms with Crippen LogP contribution in [0.2, 0.25) is 0 Å². The molecule has 0 radical (unpaired) electrons. The topological polar surface area (TPSA) is 6.48 Å². The smallest absolute Gasteiger partial charge is 0.0520 e. The molecular formula is C56H66N2. The Hall–Kier alpha value is -5.08. The van der Waals surface area contributed by atoms with Gasteiger partial charge in [0, 0.05) is 22.7 Å². The van der Waals surface area contributed by atoms with Crippen molar-refractivity contribution in [2.24, 2.45) is 0 Å². The Kier molecular flexibility index (Phi) is 10.2. The minimum atomic E-state index is -0.184. The molecule has 1 aliphatic carbocycles. The highest BCUT2D eigenvalue weighted by atomic mass is 15.2. The molecule has 0 N–H and O–H groups in total. The summed E-state index contributed by atoms with van der Waals surface area (Å²) < 4.78 is 0. The maximum atomic E-state index is 2.50. The molecule has 1 aliphatic rings. The van der Waals surface area contributed by atoms with E-state index in [1.807, 2.05) is 0 Å². The van der Waals surface area contributed by atoms with Crippen LogP contribution in [0.25, 0.3) is 11.1 Å². The fourth-order valence-electron chi connectivity index (χ4n) is 9.35. The summed E-state index contributed by atoms with van der Waals surface area (Å²) in [6, 6.07) is 42.0. The largest absolute Gasteiger partial charge is 0.310 e. The van der Waals surface area contributed by atoms with Gasteiger partial charge in [-0.2, -0.15) is 0 Å². The molecule has 0 unspecified atom stereocenters. The normalized spacial score (nSPS) is 14.5. The summed E-state index contributed by atoms with van der Waals surface area (Å²) in [5.74, 6) is 0. The van der Waals surface area contributed by atoms with E-state index in [9.17, 15) is 0 Å². The first-order chi connectivity index (χ1) is 27.0. The van der Waals surface area contributed by atoms with E-state index >= 15 is 0 Å². The zero-order chi connectivity index (χ0) is 42.3. The van der Waals surface area contributed by atoms with Crippen molar-refractivity contribution < 1.29 is 0 Å². The van der Waals surface area contributed by atoms with Gasteiger partial charge in [0.1, 0.15) is 0 Å². The quantitative estimate of drug-likeness (QED) is 0.167. The van der Waals surface area contributed by atoms with Crippen molar-refractivity contribution in [3.63, 3.8) is 0 Å². The first-order valence-corrected chi connectivity index (χ1v) is 21.3. The summed E-state index contributed by atoms with van der Waals surface area (Å²) in [4.78, 5) is 5.00. The molecule has 6 aromatic rings. The second-order valence-electron chi connectivity index (χ2n) is 20.5. The molecule has 58 heavy (non-hydrogen) atoms. The average molecular weight is 767 g/mol. The highest BCUT2D eigenvalue weighted by molar-refractivity contribution is 5.88. The summed E-state index contributed by atoms with van der Waals surface area (Å²) in [6.07, 6.45) is 0. The van der Waals surface area contributed by atoms with Crippen LogP contribution in [0.1, 0.15) is 125 Å². The molecule has 7 rings (SSSR count). The van der Waals surface area contributed by atoms with Gasteiger partial charge in [-0.25, -0.2) is 0 Å². The molecule has 2 nitrogen and oxygen atoms in total. The third-order valence-electron chi connectivity index (χ3n) is 13.4. The number of aryl methyl sites for hydroxylation is 6. The number of rotatable bonds is 6. The lowest BCUT2D eigenvalue weighted by Crippen LogP contribution is -2.43. The van der Waals surface area contributed by atoms with Gasteiger partial charge < -0.3 is 9.80 Å². The van der Waals surface area contributed by atoms with Crippen molar-refractivity contribution in [1.82, 2.24) is 0 Å². The van der Waals surface area contributed by atoms with Crippen LogP contribution < -0.4 is 9.80 Å². The zero-order valence-corrected chi connectivity index (χ0v) is 38.3. The van der Waals surface area contributed by atoms with E-state index in [0.717, 1.165) is 0 Å². The van der Waals surface area contributed by atoms with Gasteiger partial charge in [0.2, 0.25) is 0 Å². The molecule has 0 saturated heterocycles. The Labute approximate surface area is 351 Å². The number of anilines is 6. The molecule has 2 heteroatoms. The maximum Gasteiger partial charge on any atom is 0.0520 e. The van der Waals surface area contributed by atoms with Gasteiger partial charge in [-0.1, -0.05) is 130 Å². The maximum absolute atomic E-state index is 2.50. The minimum absolute atomic E-state index is 0.0719. The molecule has 6 aromatic carbocycles. The van der Waals surface area contributed by atoms with Gasteiger partial charge in [0.25, 0.3) is 0 Å². The van der Waals surface area contributed by atoms with Crippen LogP contribution in [-0.2, 0) is 21.7 Å². The lowest BCUT2D eigenvalue weighted by Gasteiger charge is -2.49. The number of hydrogen-bond donors (Lipinski definition) is 0. The van der Waals surface area contributed by atoms with E-state index in [2.05, 4.69) is 230 Å². The van der Waals surface area contributed by atoms with Gasteiger partial charge in [0.05, 0.1) is 11.4 Å². The number of benzene rings is 6. The fourth-order valence-corrected chi connectivity index (χ4v) is 9.35. The molecule has 0 spiro atoms. The Morgan fingerprint density at radius 1 is 0.379 bits per heavy atom. The van der Waals surface area contributed by atoms with Gasteiger partial charge in [-0.15, -0.1) is 0 Å². The van der Waals surface area contributed by atoms with Crippen LogP contribution in [0, 0.1) is 41.5 Å². The second-order valence-corrected chi connectivity index (χ2v) is 20.5. The van der Waals surface area contributed by atoms with Gasteiger partial charge >= 0.3 is 0 Å².